The molecule has 1 fully saturated rings. The highest BCUT2D eigenvalue weighted by molar-refractivity contribution is 5.92. The number of guanidine groups is 1. The van der Waals surface area contributed by atoms with E-state index in [1.165, 1.54) is 0 Å². The number of carbonyl (C=O) groups is 6. The lowest BCUT2D eigenvalue weighted by Gasteiger charge is -2.33. The summed E-state index contributed by atoms with van der Waals surface area (Å²) in [6.07, 6.45) is 2.40. The van der Waals surface area contributed by atoms with Crippen LogP contribution in [0.4, 0.5) is 0 Å². The second kappa shape index (κ2) is 27.3. The topological polar surface area (TPSA) is 274 Å². The van der Waals surface area contributed by atoms with Crippen molar-refractivity contribution in [2.45, 2.75) is 58.0 Å². The van der Waals surface area contributed by atoms with Gasteiger partial charge in [-0.3, -0.25) is 53.8 Å². The number of amides is 3. The lowest BCUT2D eigenvalue weighted by Crippen LogP contribution is -2.56. The fraction of sp³-hybridized carbons (Fsp3) is 0.558. The van der Waals surface area contributed by atoms with Crippen LogP contribution in [0.25, 0.3) is 11.1 Å². The van der Waals surface area contributed by atoms with Gasteiger partial charge in [0.15, 0.2) is 5.96 Å². The first kappa shape index (κ1) is 50.7. The molecule has 0 bridgehead atoms. The lowest BCUT2D eigenvalue weighted by molar-refractivity contribution is -0.140. The van der Waals surface area contributed by atoms with E-state index >= 15 is 0 Å². The minimum absolute atomic E-state index is 0.0902. The van der Waals surface area contributed by atoms with Gasteiger partial charge in [0.2, 0.25) is 17.7 Å². The van der Waals surface area contributed by atoms with Crippen LogP contribution in [-0.2, 0) is 35.2 Å². The molecule has 3 amide bonds. The number of nitrogens with one attached hydrogen (secondary N) is 5. The highest BCUT2D eigenvalue weighted by Crippen LogP contribution is 2.20. The number of benzene rings is 2. The summed E-state index contributed by atoms with van der Waals surface area (Å²) in [5, 5.41) is 47.6. The van der Waals surface area contributed by atoms with Crippen LogP contribution in [0.2, 0.25) is 0 Å². The zero-order valence-electron chi connectivity index (χ0n) is 36.0. The molecule has 1 aliphatic rings. The Morgan fingerprint density at radius 2 is 1.05 bits per heavy atom. The third-order valence-electron chi connectivity index (χ3n) is 10.4. The van der Waals surface area contributed by atoms with E-state index in [1.54, 1.807) is 19.6 Å². The average molecular weight is 867 g/mol. The largest absolute Gasteiger partial charge is 0.480 e. The van der Waals surface area contributed by atoms with Gasteiger partial charge in [-0.1, -0.05) is 68.4 Å². The summed E-state index contributed by atoms with van der Waals surface area (Å²) >= 11 is 0. The van der Waals surface area contributed by atoms with Crippen LogP contribution >= 0.6 is 0 Å². The van der Waals surface area contributed by atoms with E-state index < -0.39 is 41.8 Å². The van der Waals surface area contributed by atoms with E-state index in [4.69, 9.17) is 11.1 Å². The molecule has 2 atom stereocenters. The van der Waals surface area contributed by atoms with Gasteiger partial charge in [0.1, 0.15) is 12.1 Å². The molecule has 0 aromatic heterocycles. The number of aliphatic carboxylic acids is 3. The highest BCUT2D eigenvalue weighted by atomic mass is 16.4. The Hall–Kier alpha value is -5.63. The van der Waals surface area contributed by atoms with E-state index in [-0.39, 0.29) is 103 Å². The molecule has 2 aromatic rings. The lowest BCUT2D eigenvalue weighted by atomic mass is 10.00. The maximum Gasteiger partial charge on any atom is 0.317 e. The second-order valence-corrected chi connectivity index (χ2v) is 16.0. The monoisotopic (exact) mass is 867 g/mol. The maximum atomic E-state index is 14.2. The second-order valence-electron chi connectivity index (χ2n) is 16.0. The van der Waals surface area contributed by atoms with E-state index in [9.17, 15) is 44.1 Å². The Bertz CT molecular complexity index is 1720. The van der Waals surface area contributed by atoms with Gasteiger partial charge in [0, 0.05) is 71.9 Å². The van der Waals surface area contributed by atoms with Gasteiger partial charge in [0.25, 0.3) is 0 Å². The number of rotatable bonds is 23. The number of carboxylic acids is 3. The molecule has 1 heterocycles. The van der Waals surface area contributed by atoms with Crippen molar-refractivity contribution in [1.82, 2.24) is 40.9 Å². The van der Waals surface area contributed by atoms with Crippen molar-refractivity contribution in [3.05, 3.63) is 60.2 Å². The summed E-state index contributed by atoms with van der Waals surface area (Å²) in [6, 6.07) is 15.3. The van der Waals surface area contributed by atoms with Gasteiger partial charge in [-0.2, -0.15) is 0 Å². The standard InChI is InChI=1S/C43H66N10O9/c1-31(2)8-6-16-46-41(61)35(11-7-17-47-43(44)45)49-42(62)36(26-32-12-14-34(15-13-32)33-9-4-3-5-10-33)48-37(54)27-50-18-20-51(28-38(55)56)22-24-53(30-40(59)60)25-23-52(21-19-50)29-39(57)58/h3-5,9-10,12-15,31,35-36H,6-8,11,16-30H2,1-2H3,(H,46,61)(H,48,54)(H,49,62)(H,55,56)(H,57,58)(H,59,60)(H4,44,45,47)/t35-,36-/m1/s1. The molecule has 1 saturated heterocycles. The molecule has 0 unspecified atom stereocenters. The average Bonchev–Trinajstić information content (AvgIpc) is 3.21. The van der Waals surface area contributed by atoms with E-state index in [2.05, 4.69) is 35.1 Å². The van der Waals surface area contributed by atoms with Crippen LogP contribution in [0.5, 0.6) is 0 Å². The van der Waals surface area contributed by atoms with Gasteiger partial charge < -0.3 is 42.3 Å². The Balaban J connectivity index is 1.86. The molecule has 62 heavy (non-hydrogen) atoms. The van der Waals surface area contributed by atoms with Crippen molar-refractivity contribution < 1.29 is 44.1 Å². The van der Waals surface area contributed by atoms with Gasteiger partial charge >= 0.3 is 17.9 Å². The van der Waals surface area contributed by atoms with E-state index in [0.717, 1.165) is 29.5 Å². The number of hydrogen-bond acceptors (Lipinski definition) is 11. The molecule has 342 valence electrons. The Morgan fingerprint density at radius 3 is 1.52 bits per heavy atom. The molecular formula is C43H66N10O9. The van der Waals surface area contributed by atoms with Gasteiger partial charge in [0.05, 0.1) is 26.2 Å². The summed E-state index contributed by atoms with van der Waals surface area (Å²) in [5.74, 6) is -4.41. The summed E-state index contributed by atoms with van der Waals surface area (Å²) in [6.45, 7) is 5.56. The molecular weight excluding hydrogens is 801 g/mol. The van der Waals surface area contributed by atoms with Crippen LogP contribution in [0.1, 0.15) is 45.1 Å². The molecule has 19 heteroatoms. The first-order valence-electron chi connectivity index (χ1n) is 21.2. The van der Waals surface area contributed by atoms with Crippen molar-refractivity contribution in [2.75, 3.05) is 91.6 Å². The van der Waals surface area contributed by atoms with Crippen LogP contribution in [0.15, 0.2) is 54.6 Å². The molecule has 0 aliphatic carbocycles. The van der Waals surface area contributed by atoms with Crippen LogP contribution in [-0.4, -0.2) is 180 Å². The number of carbonyl (C=O) groups excluding carboxylic acids is 3. The Labute approximate surface area is 363 Å². The SMILES string of the molecule is CC(C)CCCNC(=O)[C@@H](CCCNC(=N)N)NC(=O)[C@@H](Cc1ccc(-c2ccccc2)cc1)NC(=O)CN1CCN(CC(=O)O)CCN(CC(=O)O)CCN(CC(=O)O)CC1. The highest BCUT2D eigenvalue weighted by Gasteiger charge is 2.28. The first-order valence-corrected chi connectivity index (χ1v) is 21.2. The van der Waals surface area contributed by atoms with Gasteiger partial charge in [-0.25, -0.2) is 0 Å². The minimum Gasteiger partial charge on any atom is -0.480 e. The Kier molecular flexibility index (Phi) is 22.4. The number of nitrogens with zero attached hydrogens (tertiary/aromatic N) is 4. The molecule has 19 nitrogen and oxygen atoms in total. The quantitative estimate of drug-likeness (QED) is 0.0409. The minimum atomic E-state index is -1.11. The third-order valence-corrected chi connectivity index (χ3v) is 10.4. The molecule has 3 rings (SSSR count). The fourth-order valence-electron chi connectivity index (χ4n) is 7.05. The van der Waals surface area contributed by atoms with Gasteiger partial charge in [-0.15, -0.1) is 0 Å². The molecule has 0 spiro atoms. The zero-order chi connectivity index (χ0) is 45.4. The smallest absolute Gasteiger partial charge is 0.317 e. The molecule has 0 radical (unpaired) electrons. The number of carboxylic acid groups (broad SMARTS) is 3. The normalized spacial score (nSPS) is 15.9. The summed E-state index contributed by atoms with van der Waals surface area (Å²) < 4.78 is 0. The van der Waals surface area contributed by atoms with Crippen molar-refractivity contribution in [3.63, 3.8) is 0 Å². The van der Waals surface area contributed by atoms with E-state index in [1.807, 2.05) is 54.6 Å². The fourth-order valence-corrected chi connectivity index (χ4v) is 7.05. The summed E-state index contributed by atoms with van der Waals surface area (Å²) in [4.78, 5) is 83.5. The van der Waals surface area contributed by atoms with Crippen molar-refractivity contribution in [3.8, 4) is 11.1 Å². The van der Waals surface area contributed by atoms with Crippen molar-refractivity contribution in [1.29, 1.82) is 5.41 Å². The van der Waals surface area contributed by atoms with Crippen LogP contribution in [0, 0.1) is 11.3 Å². The van der Waals surface area contributed by atoms with Crippen LogP contribution in [0.3, 0.4) is 0 Å². The van der Waals surface area contributed by atoms with Crippen molar-refractivity contribution in [2.24, 2.45) is 11.7 Å². The maximum absolute atomic E-state index is 14.2. The molecule has 10 N–H and O–H groups in total. The molecule has 0 saturated carbocycles. The number of hydrogen-bond donors (Lipinski definition) is 9. The predicted molar refractivity (Wildman–Crippen MR) is 234 cm³/mol. The van der Waals surface area contributed by atoms with Crippen LogP contribution < -0.4 is 27.0 Å². The third kappa shape index (κ3) is 20.8. The van der Waals surface area contributed by atoms with E-state index in [0.29, 0.717) is 25.4 Å². The first-order chi connectivity index (χ1) is 29.6. The number of nitrogens with two attached hydrogens (primary N) is 1. The zero-order valence-corrected chi connectivity index (χ0v) is 36.0. The summed E-state index contributed by atoms with van der Waals surface area (Å²) in [5.41, 5.74) is 8.17. The predicted octanol–water partition coefficient (Wildman–Crippen LogP) is 0.157. The molecule has 2 aromatic carbocycles. The Morgan fingerprint density at radius 1 is 0.597 bits per heavy atom. The van der Waals surface area contributed by atoms with Crippen molar-refractivity contribution >= 4 is 41.6 Å². The summed E-state index contributed by atoms with van der Waals surface area (Å²) in [7, 11) is 0. The molecule has 1 aliphatic heterocycles. The van der Waals surface area contributed by atoms with Gasteiger partial charge in [-0.05, 0) is 48.3 Å².